The number of carbonyl (C=O) groups is 1. The molecule has 1 aromatic carbocycles. The molecule has 1 aromatic rings. The molecule has 1 saturated heterocycles. The van der Waals surface area contributed by atoms with E-state index in [9.17, 15) is 31.5 Å². The summed E-state index contributed by atoms with van der Waals surface area (Å²) >= 11 is 0. The van der Waals surface area contributed by atoms with E-state index < -0.39 is 38.0 Å². The fraction of sp³-hybridized carbons (Fsp3) is 0.562. The zero-order valence-corrected chi connectivity index (χ0v) is 14.7. The van der Waals surface area contributed by atoms with Gasteiger partial charge in [0.15, 0.2) is 0 Å². The maximum Gasteiger partial charge on any atom is 0.416 e. The Kier molecular flexibility index (Phi) is 4.47. The van der Waals surface area contributed by atoms with E-state index in [-0.39, 0.29) is 24.8 Å². The summed E-state index contributed by atoms with van der Waals surface area (Å²) in [7, 11) is -3.13. The molecule has 0 amide bonds. The number of hydrogen-bond donors (Lipinski definition) is 1. The Bertz CT molecular complexity index is 839. The molecular formula is C16H18F3NO5S. The number of aliphatic carboxylic acids is 1. The number of nitrogens with zero attached hydrogens (tertiary/aromatic N) is 1. The minimum absolute atomic E-state index is 0.00675. The Balaban J connectivity index is 2.01. The van der Waals surface area contributed by atoms with Gasteiger partial charge in [-0.25, -0.2) is 8.42 Å². The molecule has 6 nitrogen and oxygen atoms in total. The van der Waals surface area contributed by atoms with Crippen LogP contribution in [0.25, 0.3) is 0 Å². The Morgan fingerprint density at radius 1 is 1.35 bits per heavy atom. The third kappa shape index (κ3) is 2.94. The Morgan fingerprint density at radius 2 is 2.04 bits per heavy atom. The minimum Gasteiger partial charge on any atom is -0.497 e. The van der Waals surface area contributed by atoms with E-state index in [1.807, 2.05) is 0 Å². The van der Waals surface area contributed by atoms with E-state index in [0.29, 0.717) is 25.3 Å². The van der Waals surface area contributed by atoms with E-state index in [0.717, 1.165) is 23.5 Å². The highest BCUT2D eigenvalue weighted by atomic mass is 32.2. The van der Waals surface area contributed by atoms with Crippen LogP contribution in [0, 0.1) is 11.3 Å². The van der Waals surface area contributed by atoms with Crippen molar-refractivity contribution < 1.29 is 36.2 Å². The molecule has 1 aliphatic carbocycles. The van der Waals surface area contributed by atoms with Gasteiger partial charge in [0, 0.05) is 19.2 Å². The van der Waals surface area contributed by atoms with Gasteiger partial charge in [0.2, 0.25) is 10.0 Å². The first kappa shape index (κ1) is 19.0. The highest BCUT2D eigenvalue weighted by Gasteiger charge is 2.57. The van der Waals surface area contributed by atoms with E-state index in [2.05, 4.69) is 0 Å². The summed E-state index contributed by atoms with van der Waals surface area (Å²) in [6.07, 6.45) is -3.08. The first-order valence-electron chi connectivity index (χ1n) is 8.00. The second-order valence-electron chi connectivity index (χ2n) is 6.74. The summed E-state index contributed by atoms with van der Waals surface area (Å²) in [6.45, 7) is -0.235. The van der Waals surface area contributed by atoms with Gasteiger partial charge in [-0.05, 0) is 30.9 Å². The van der Waals surface area contributed by atoms with Gasteiger partial charge in [-0.15, -0.1) is 0 Å². The van der Waals surface area contributed by atoms with Crippen molar-refractivity contribution in [3.8, 4) is 5.75 Å². The fourth-order valence-corrected chi connectivity index (χ4v) is 5.54. The number of ether oxygens (including phenoxy) is 1. The highest BCUT2D eigenvalue weighted by molar-refractivity contribution is 7.89. The van der Waals surface area contributed by atoms with E-state index in [1.54, 1.807) is 0 Å². The molecule has 1 N–H and O–H groups in total. The van der Waals surface area contributed by atoms with Gasteiger partial charge in [-0.2, -0.15) is 17.5 Å². The Morgan fingerprint density at radius 3 is 2.58 bits per heavy atom. The van der Waals surface area contributed by atoms with Crippen LogP contribution in [-0.4, -0.2) is 44.0 Å². The van der Waals surface area contributed by atoms with Crippen LogP contribution < -0.4 is 4.74 Å². The van der Waals surface area contributed by atoms with Gasteiger partial charge in [0.05, 0.1) is 23.0 Å². The fourth-order valence-electron chi connectivity index (χ4n) is 3.93. The zero-order chi connectivity index (χ0) is 19.3. The Labute approximate surface area is 148 Å². The topological polar surface area (TPSA) is 83.9 Å². The first-order valence-corrected chi connectivity index (χ1v) is 9.44. The molecule has 0 bridgehead atoms. The maximum absolute atomic E-state index is 13.1. The molecular weight excluding hydrogens is 375 g/mol. The molecule has 0 radical (unpaired) electrons. The molecule has 144 valence electrons. The molecule has 0 unspecified atom stereocenters. The molecule has 1 heterocycles. The van der Waals surface area contributed by atoms with Gasteiger partial charge < -0.3 is 9.84 Å². The summed E-state index contributed by atoms with van der Waals surface area (Å²) in [5.74, 6) is -1.62. The van der Waals surface area contributed by atoms with Crippen LogP contribution in [0.2, 0.25) is 0 Å². The number of sulfonamides is 1. The van der Waals surface area contributed by atoms with Gasteiger partial charge in [0.1, 0.15) is 5.75 Å². The number of alkyl halides is 3. The summed E-state index contributed by atoms with van der Waals surface area (Å²) in [5, 5.41) is 9.57. The lowest BCUT2D eigenvalue weighted by atomic mass is 9.81. The molecule has 3 rings (SSSR count). The summed E-state index contributed by atoms with van der Waals surface area (Å²) in [5.41, 5.74) is -2.29. The molecule has 2 fully saturated rings. The molecule has 2 atom stereocenters. The predicted molar refractivity (Wildman–Crippen MR) is 84.2 cm³/mol. The second-order valence-corrected chi connectivity index (χ2v) is 8.68. The molecule has 26 heavy (non-hydrogen) atoms. The van der Waals surface area contributed by atoms with Crippen molar-refractivity contribution in [3.05, 3.63) is 23.8 Å². The van der Waals surface area contributed by atoms with E-state index in [4.69, 9.17) is 4.74 Å². The van der Waals surface area contributed by atoms with Gasteiger partial charge in [0.25, 0.3) is 0 Å². The third-order valence-corrected chi connectivity index (χ3v) is 7.14. The van der Waals surface area contributed by atoms with Crippen LogP contribution in [0.3, 0.4) is 0 Å². The van der Waals surface area contributed by atoms with Gasteiger partial charge in [-0.1, -0.05) is 6.42 Å². The molecule has 10 heteroatoms. The lowest BCUT2D eigenvalue weighted by Gasteiger charge is -2.23. The molecule has 0 spiro atoms. The van der Waals surface area contributed by atoms with Crippen LogP contribution in [0.4, 0.5) is 13.2 Å². The minimum atomic E-state index is -4.73. The van der Waals surface area contributed by atoms with Crippen LogP contribution in [-0.2, 0) is 21.0 Å². The average molecular weight is 393 g/mol. The molecule has 1 saturated carbocycles. The quantitative estimate of drug-likeness (QED) is 0.850. The standard InChI is InChI=1S/C16H18F3NO5S/c1-25-12-5-11(16(17,18)19)6-13(7-12)26(23,24)20-8-10-3-2-4-15(10,9-20)14(21)22/h5-7,10H,2-4,8-9H2,1H3,(H,21,22)/t10-,15+/m0/s1. The number of methoxy groups -OCH3 is 1. The smallest absolute Gasteiger partial charge is 0.416 e. The third-order valence-electron chi connectivity index (χ3n) is 5.35. The Hall–Kier alpha value is -1.81. The summed E-state index contributed by atoms with van der Waals surface area (Å²) < 4.78 is 70.8. The number of rotatable bonds is 4. The summed E-state index contributed by atoms with van der Waals surface area (Å²) in [4.78, 5) is 11.2. The van der Waals surface area contributed by atoms with Crippen molar-refractivity contribution in [1.82, 2.24) is 4.31 Å². The average Bonchev–Trinajstić information content (AvgIpc) is 3.12. The normalized spacial score (nSPS) is 26.7. The SMILES string of the molecule is COc1cc(C(F)(F)F)cc(S(=O)(=O)N2C[C@@H]3CCC[C@@]3(C(=O)O)C2)c1. The van der Waals surface area contributed by atoms with Crippen molar-refractivity contribution >= 4 is 16.0 Å². The van der Waals surface area contributed by atoms with Crippen molar-refractivity contribution in [2.75, 3.05) is 20.2 Å². The number of carboxylic acid groups (broad SMARTS) is 1. The maximum atomic E-state index is 13.1. The van der Waals surface area contributed by atoms with Crippen LogP contribution in [0.15, 0.2) is 23.1 Å². The van der Waals surface area contributed by atoms with Crippen LogP contribution in [0.1, 0.15) is 24.8 Å². The number of carboxylic acids is 1. The van der Waals surface area contributed by atoms with Crippen molar-refractivity contribution in [2.45, 2.75) is 30.3 Å². The molecule has 0 aromatic heterocycles. The van der Waals surface area contributed by atoms with Crippen LogP contribution >= 0.6 is 0 Å². The summed E-state index contributed by atoms with van der Waals surface area (Å²) in [6, 6.07) is 2.29. The molecule has 1 aliphatic heterocycles. The highest BCUT2D eigenvalue weighted by Crippen LogP contribution is 2.50. The van der Waals surface area contributed by atoms with Gasteiger partial charge >= 0.3 is 12.1 Å². The lowest BCUT2D eigenvalue weighted by molar-refractivity contribution is -0.149. The molecule has 2 aliphatic rings. The van der Waals surface area contributed by atoms with Crippen LogP contribution in [0.5, 0.6) is 5.75 Å². The predicted octanol–water partition coefficient (Wildman–Crippen LogP) is 2.59. The van der Waals surface area contributed by atoms with Gasteiger partial charge in [-0.3, -0.25) is 4.79 Å². The number of halogens is 3. The number of benzene rings is 1. The lowest BCUT2D eigenvalue weighted by Crippen LogP contribution is -2.37. The van der Waals surface area contributed by atoms with E-state index >= 15 is 0 Å². The van der Waals surface area contributed by atoms with Crippen molar-refractivity contribution in [1.29, 1.82) is 0 Å². The zero-order valence-electron chi connectivity index (χ0n) is 13.9. The van der Waals surface area contributed by atoms with E-state index in [1.165, 1.54) is 0 Å². The monoisotopic (exact) mass is 393 g/mol. The number of fused-ring (bicyclic) bond motifs is 1. The van der Waals surface area contributed by atoms with Crippen molar-refractivity contribution in [2.24, 2.45) is 11.3 Å². The largest absolute Gasteiger partial charge is 0.497 e. The first-order chi connectivity index (χ1) is 12.0. The van der Waals surface area contributed by atoms with Crippen molar-refractivity contribution in [3.63, 3.8) is 0 Å². The number of hydrogen-bond acceptors (Lipinski definition) is 4. The second kappa shape index (κ2) is 6.12.